The first kappa shape index (κ1) is 13.5. The summed E-state index contributed by atoms with van der Waals surface area (Å²) in [5.41, 5.74) is -0.594. The molecule has 2 aromatic heterocycles. The number of hydrogen-bond acceptors (Lipinski definition) is 4. The zero-order valence-corrected chi connectivity index (χ0v) is 11.1. The summed E-state index contributed by atoms with van der Waals surface area (Å²) in [6.45, 7) is -0.514. The third-order valence-corrected chi connectivity index (χ3v) is 3.10. The molecule has 9 heteroatoms. The lowest BCUT2D eigenvalue weighted by molar-refractivity contribution is 0.0839. The number of hydrogen-bond donors (Lipinski definition) is 1. The second kappa shape index (κ2) is 5.13. The van der Waals surface area contributed by atoms with Gasteiger partial charge in [0.05, 0.1) is 16.9 Å². The van der Waals surface area contributed by atoms with E-state index in [-0.39, 0.29) is 21.7 Å². The van der Waals surface area contributed by atoms with Gasteiger partial charge in [0.1, 0.15) is 18.8 Å². The van der Waals surface area contributed by atoms with Crippen molar-refractivity contribution in [3.8, 4) is 0 Å². The zero-order valence-electron chi connectivity index (χ0n) is 10.3. The van der Waals surface area contributed by atoms with E-state index in [0.29, 0.717) is 0 Å². The van der Waals surface area contributed by atoms with Crippen LogP contribution in [0.4, 0.5) is 8.78 Å². The number of halogens is 3. The largest absolute Gasteiger partial charge is 0.404 e. The monoisotopic (exact) mass is 312 g/mol. The Morgan fingerprint density at radius 2 is 2.14 bits per heavy atom. The molecule has 0 bridgehead atoms. The van der Waals surface area contributed by atoms with E-state index < -0.39 is 23.8 Å². The van der Waals surface area contributed by atoms with Gasteiger partial charge in [0.2, 0.25) is 0 Å². The highest BCUT2D eigenvalue weighted by Crippen LogP contribution is 2.21. The van der Waals surface area contributed by atoms with Gasteiger partial charge in [0.15, 0.2) is 17.0 Å². The fourth-order valence-electron chi connectivity index (χ4n) is 1.74. The predicted octanol–water partition coefficient (Wildman–Crippen LogP) is 1.68. The fraction of sp³-hybridized carbons (Fsp3) is 0.0833. The van der Waals surface area contributed by atoms with Crippen molar-refractivity contribution >= 4 is 22.8 Å². The van der Waals surface area contributed by atoms with Crippen LogP contribution in [0.15, 0.2) is 29.6 Å². The van der Waals surface area contributed by atoms with E-state index in [1.165, 1.54) is 6.33 Å². The van der Waals surface area contributed by atoms with Gasteiger partial charge in [-0.1, -0.05) is 11.6 Å². The molecule has 0 aliphatic rings. The van der Waals surface area contributed by atoms with Crippen LogP contribution in [0.5, 0.6) is 0 Å². The lowest BCUT2D eigenvalue weighted by Gasteiger charge is -2.09. The number of aromatic nitrogens is 4. The first-order valence-electron chi connectivity index (χ1n) is 5.74. The summed E-state index contributed by atoms with van der Waals surface area (Å²) >= 11 is 5.57. The predicted molar refractivity (Wildman–Crippen MR) is 69.8 cm³/mol. The van der Waals surface area contributed by atoms with Gasteiger partial charge in [0, 0.05) is 0 Å². The van der Waals surface area contributed by atoms with Crippen LogP contribution >= 0.6 is 11.6 Å². The number of H-pyrrole nitrogens is 1. The molecule has 0 radical (unpaired) electrons. The van der Waals surface area contributed by atoms with Crippen molar-refractivity contribution in [2.24, 2.45) is 0 Å². The maximum absolute atomic E-state index is 13.7. The Morgan fingerprint density at radius 3 is 2.95 bits per heavy atom. The standard InChI is InChI=1S/C12H7ClF2N4O2/c13-7-1-2-8(14)6(9(7)15)3-21-19-5-18-11-10(12(19)20)16-4-17-11/h1-2,4-5H,3H2,(H,16,17). The Bertz CT molecular complexity index is 877. The van der Waals surface area contributed by atoms with Gasteiger partial charge in [-0.2, -0.15) is 0 Å². The summed E-state index contributed by atoms with van der Waals surface area (Å²) in [5, 5.41) is -0.232. The van der Waals surface area contributed by atoms with Crippen LogP contribution in [-0.2, 0) is 6.61 Å². The number of aromatic amines is 1. The zero-order chi connectivity index (χ0) is 15.0. The van der Waals surface area contributed by atoms with Crippen LogP contribution in [0.3, 0.4) is 0 Å². The highest BCUT2D eigenvalue weighted by Gasteiger charge is 2.14. The molecule has 0 spiro atoms. The summed E-state index contributed by atoms with van der Waals surface area (Å²) in [5.74, 6) is -1.75. The Balaban J connectivity index is 1.92. The molecule has 2 heterocycles. The van der Waals surface area contributed by atoms with E-state index in [1.807, 2.05) is 0 Å². The van der Waals surface area contributed by atoms with Crippen molar-refractivity contribution in [3.63, 3.8) is 0 Å². The Labute approximate surface area is 120 Å². The third kappa shape index (κ3) is 2.33. The summed E-state index contributed by atoms with van der Waals surface area (Å²) in [7, 11) is 0. The Hall–Kier alpha value is -2.48. The average molecular weight is 313 g/mol. The van der Waals surface area contributed by atoms with E-state index in [9.17, 15) is 13.6 Å². The van der Waals surface area contributed by atoms with Crippen LogP contribution in [0.25, 0.3) is 11.2 Å². The van der Waals surface area contributed by atoms with E-state index in [4.69, 9.17) is 16.4 Å². The Morgan fingerprint density at radius 1 is 1.33 bits per heavy atom. The lowest BCUT2D eigenvalue weighted by Crippen LogP contribution is -2.27. The first-order chi connectivity index (χ1) is 10.1. The van der Waals surface area contributed by atoms with E-state index in [2.05, 4.69) is 15.0 Å². The maximum atomic E-state index is 13.7. The first-order valence-corrected chi connectivity index (χ1v) is 6.12. The van der Waals surface area contributed by atoms with Crippen molar-refractivity contribution in [1.82, 2.24) is 19.7 Å². The molecule has 0 atom stereocenters. The average Bonchev–Trinajstić information content (AvgIpc) is 2.94. The molecule has 1 N–H and O–H groups in total. The summed E-state index contributed by atoms with van der Waals surface area (Å²) in [6.07, 6.45) is 2.38. The molecule has 0 amide bonds. The van der Waals surface area contributed by atoms with Crippen molar-refractivity contribution in [2.45, 2.75) is 6.61 Å². The molecule has 108 valence electrons. The molecule has 6 nitrogen and oxygen atoms in total. The van der Waals surface area contributed by atoms with Crippen LogP contribution in [-0.4, -0.2) is 19.7 Å². The van der Waals surface area contributed by atoms with Gasteiger partial charge < -0.3 is 9.82 Å². The second-order valence-corrected chi connectivity index (χ2v) is 4.48. The van der Waals surface area contributed by atoms with Crippen molar-refractivity contribution in [2.75, 3.05) is 0 Å². The van der Waals surface area contributed by atoms with E-state index in [1.54, 1.807) is 0 Å². The van der Waals surface area contributed by atoms with Gasteiger partial charge in [-0.05, 0) is 12.1 Å². The number of imidazole rings is 1. The molecule has 3 rings (SSSR count). The number of nitrogens with zero attached hydrogens (tertiary/aromatic N) is 3. The fourth-order valence-corrected chi connectivity index (χ4v) is 1.92. The Kier molecular flexibility index (Phi) is 3.30. The van der Waals surface area contributed by atoms with E-state index >= 15 is 0 Å². The number of rotatable bonds is 3. The van der Waals surface area contributed by atoms with Crippen LogP contribution in [0, 0.1) is 11.6 Å². The summed E-state index contributed by atoms with van der Waals surface area (Å²) in [4.78, 5) is 27.3. The third-order valence-electron chi connectivity index (χ3n) is 2.81. The smallest absolute Gasteiger partial charge is 0.312 e. The highest BCUT2D eigenvalue weighted by atomic mass is 35.5. The molecular formula is C12H7ClF2N4O2. The lowest BCUT2D eigenvalue weighted by atomic mass is 10.2. The molecule has 0 saturated heterocycles. The van der Waals surface area contributed by atoms with Crippen molar-refractivity contribution < 1.29 is 13.6 Å². The van der Waals surface area contributed by atoms with Gasteiger partial charge >= 0.3 is 5.56 Å². The van der Waals surface area contributed by atoms with Gasteiger partial charge in [-0.15, -0.1) is 4.73 Å². The van der Waals surface area contributed by atoms with Gasteiger partial charge in [-0.25, -0.2) is 18.7 Å². The SMILES string of the molecule is O=c1c2[nH]cnc2ncn1OCc1c(F)ccc(Cl)c1F. The summed E-state index contributed by atoms with van der Waals surface area (Å²) < 4.78 is 28.0. The van der Waals surface area contributed by atoms with Crippen molar-refractivity contribution in [1.29, 1.82) is 0 Å². The molecule has 1 aromatic carbocycles. The normalized spacial score (nSPS) is 11.0. The number of benzene rings is 1. The highest BCUT2D eigenvalue weighted by molar-refractivity contribution is 6.30. The number of fused-ring (bicyclic) bond motifs is 1. The van der Waals surface area contributed by atoms with Crippen LogP contribution in [0.2, 0.25) is 5.02 Å². The second-order valence-electron chi connectivity index (χ2n) is 4.07. The summed E-state index contributed by atoms with van der Waals surface area (Å²) in [6, 6.07) is 2.11. The van der Waals surface area contributed by atoms with Crippen molar-refractivity contribution in [3.05, 3.63) is 57.4 Å². The quantitative estimate of drug-likeness (QED) is 0.747. The minimum absolute atomic E-state index is 0.129. The molecular weight excluding hydrogens is 306 g/mol. The molecule has 0 saturated carbocycles. The van der Waals surface area contributed by atoms with Gasteiger partial charge in [0.25, 0.3) is 0 Å². The van der Waals surface area contributed by atoms with Crippen LogP contribution in [0.1, 0.15) is 5.56 Å². The maximum Gasteiger partial charge on any atom is 0.312 e. The number of nitrogens with one attached hydrogen (secondary N) is 1. The van der Waals surface area contributed by atoms with E-state index in [0.717, 1.165) is 23.2 Å². The molecule has 21 heavy (non-hydrogen) atoms. The molecule has 0 fully saturated rings. The van der Waals surface area contributed by atoms with Gasteiger partial charge in [-0.3, -0.25) is 4.79 Å². The van der Waals surface area contributed by atoms with Crippen LogP contribution < -0.4 is 10.4 Å². The topological polar surface area (TPSA) is 72.8 Å². The molecule has 0 aliphatic heterocycles. The molecule has 3 aromatic rings. The molecule has 0 aliphatic carbocycles. The molecule has 0 unspecified atom stereocenters. The minimum Gasteiger partial charge on any atom is -0.404 e. The minimum atomic E-state index is -0.930.